The molecule has 0 saturated carbocycles. The van der Waals surface area contributed by atoms with Crippen molar-refractivity contribution in [2.75, 3.05) is 6.54 Å². The first kappa shape index (κ1) is 18.0. The Kier molecular flexibility index (Phi) is 6.69. The van der Waals surface area contributed by atoms with Gasteiger partial charge in [-0.15, -0.1) is 0 Å². The first-order valence-electron chi connectivity index (χ1n) is 8.43. The molecule has 0 spiro atoms. The number of carbonyl (C=O) groups is 2. The number of nitrogens with one attached hydrogen (secondary N) is 1. The quantitative estimate of drug-likeness (QED) is 0.734. The van der Waals surface area contributed by atoms with Crippen molar-refractivity contribution in [2.45, 2.75) is 85.2 Å². The molecular weight excluding hydrogens is 264 g/mol. The molecular formula is C17H32N2O2. The Labute approximate surface area is 129 Å². The molecule has 4 nitrogen and oxygen atoms in total. The van der Waals surface area contributed by atoms with Crippen molar-refractivity contribution in [1.29, 1.82) is 0 Å². The smallest absolute Gasteiger partial charge is 0.245 e. The van der Waals surface area contributed by atoms with Crippen molar-refractivity contribution in [1.82, 2.24) is 10.2 Å². The van der Waals surface area contributed by atoms with E-state index >= 15 is 0 Å². The Hall–Kier alpha value is -1.06. The SMILES string of the molecule is CCCCCCCN1C(=O)C(CC)NC(=O)C1C(C)(C)C. The number of hydrogen-bond acceptors (Lipinski definition) is 2. The highest BCUT2D eigenvalue weighted by Gasteiger charge is 2.45. The molecule has 1 fully saturated rings. The molecule has 1 rings (SSSR count). The Balaban J connectivity index is 2.75. The van der Waals surface area contributed by atoms with E-state index in [-0.39, 0.29) is 29.3 Å². The summed E-state index contributed by atoms with van der Waals surface area (Å²) in [4.78, 5) is 26.8. The van der Waals surface area contributed by atoms with E-state index in [9.17, 15) is 9.59 Å². The van der Waals surface area contributed by atoms with Crippen LogP contribution in [-0.2, 0) is 9.59 Å². The molecule has 0 bridgehead atoms. The molecule has 1 aliphatic rings. The zero-order chi connectivity index (χ0) is 16.0. The first-order valence-corrected chi connectivity index (χ1v) is 8.43. The van der Waals surface area contributed by atoms with Crippen LogP contribution in [0.2, 0.25) is 0 Å². The number of hydrogen-bond donors (Lipinski definition) is 1. The molecule has 0 aromatic rings. The van der Waals surface area contributed by atoms with Gasteiger partial charge in [-0.3, -0.25) is 9.59 Å². The molecule has 2 amide bonds. The maximum atomic E-state index is 12.6. The third kappa shape index (κ3) is 4.72. The topological polar surface area (TPSA) is 49.4 Å². The standard InChI is InChI=1S/C17H32N2O2/c1-6-8-9-10-11-12-19-14(17(3,4)5)15(20)18-13(7-2)16(19)21/h13-14H,6-12H2,1-5H3,(H,18,20). The molecule has 0 aromatic heterocycles. The minimum atomic E-state index is -0.348. The van der Waals surface area contributed by atoms with Crippen LogP contribution < -0.4 is 5.32 Å². The van der Waals surface area contributed by atoms with Gasteiger partial charge in [0.15, 0.2) is 0 Å². The molecule has 1 N–H and O–H groups in total. The monoisotopic (exact) mass is 296 g/mol. The van der Waals surface area contributed by atoms with E-state index in [2.05, 4.69) is 12.2 Å². The van der Waals surface area contributed by atoms with Gasteiger partial charge in [0.2, 0.25) is 11.8 Å². The summed E-state index contributed by atoms with van der Waals surface area (Å²) in [5.41, 5.74) is -0.234. The highest BCUT2D eigenvalue weighted by molar-refractivity contribution is 5.97. The summed E-state index contributed by atoms with van der Waals surface area (Å²) >= 11 is 0. The van der Waals surface area contributed by atoms with Crippen molar-refractivity contribution in [3.05, 3.63) is 0 Å². The third-order valence-corrected chi connectivity index (χ3v) is 4.19. The molecule has 1 aliphatic heterocycles. The summed E-state index contributed by atoms with van der Waals surface area (Å²) in [6.45, 7) is 10.9. The van der Waals surface area contributed by atoms with E-state index in [0.29, 0.717) is 13.0 Å². The van der Waals surface area contributed by atoms with E-state index < -0.39 is 0 Å². The van der Waals surface area contributed by atoms with E-state index in [1.807, 2.05) is 32.6 Å². The van der Waals surface area contributed by atoms with Crippen LogP contribution in [0.4, 0.5) is 0 Å². The molecule has 122 valence electrons. The second kappa shape index (κ2) is 7.81. The average Bonchev–Trinajstić information content (AvgIpc) is 2.40. The van der Waals surface area contributed by atoms with Gasteiger partial charge in [-0.2, -0.15) is 0 Å². The number of piperazine rings is 1. The summed E-state index contributed by atoms with van der Waals surface area (Å²) < 4.78 is 0. The maximum Gasteiger partial charge on any atom is 0.245 e. The molecule has 1 saturated heterocycles. The van der Waals surface area contributed by atoms with Crippen LogP contribution >= 0.6 is 0 Å². The molecule has 0 radical (unpaired) electrons. The van der Waals surface area contributed by atoms with Gasteiger partial charge in [0.25, 0.3) is 0 Å². The lowest BCUT2D eigenvalue weighted by atomic mass is 9.82. The number of unbranched alkanes of at least 4 members (excludes halogenated alkanes) is 4. The second-order valence-corrected chi connectivity index (χ2v) is 7.18. The summed E-state index contributed by atoms with van der Waals surface area (Å²) in [5, 5.41) is 2.88. The van der Waals surface area contributed by atoms with Crippen LogP contribution in [0.5, 0.6) is 0 Å². The van der Waals surface area contributed by atoms with Gasteiger partial charge in [0, 0.05) is 6.54 Å². The lowest BCUT2D eigenvalue weighted by Crippen LogP contribution is -2.66. The van der Waals surface area contributed by atoms with E-state index in [1.54, 1.807) is 0 Å². The van der Waals surface area contributed by atoms with Crippen molar-refractivity contribution < 1.29 is 9.59 Å². The molecule has 4 heteroatoms. The minimum absolute atomic E-state index is 0.00232. The molecule has 2 unspecified atom stereocenters. The Morgan fingerprint density at radius 2 is 1.67 bits per heavy atom. The van der Waals surface area contributed by atoms with Crippen LogP contribution in [0.1, 0.15) is 73.1 Å². The predicted molar refractivity (Wildman–Crippen MR) is 85.9 cm³/mol. The van der Waals surface area contributed by atoms with Crippen LogP contribution in [0.15, 0.2) is 0 Å². The Bertz CT molecular complexity index is 360. The molecule has 2 atom stereocenters. The molecule has 0 aromatic carbocycles. The van der Waals surface area contributed by atoms with Gasteiger partial charge >= 0.3 is 0 Å². The fourth-order valence-electron chi connectivity index (χ4n) is 3.04. The lowest BCUT2D eigenvalue weighted by molar-refractivity contribution is -0.154. The van der Waals surface area contributed by atoms with Gasteiger partial charge < -0.3 is 10.2 Å². The maximum absolute atomic E-state index is 12.6. The summed E-state index contributed by atoms with van der Waals surface area (Å²) in [7, 11) is 0. The van der Waals surface area contributed by atoms with Crippen molar-refractivity contribution in [3.8, 4) is 0 Å². The highest BCUT2D eigenvalue weighted by Crippen LogP contribution is 2.28. The van der Waals surface area contributed by atoms with Crippen LogP contribution in [-0.4, -0.2) is 35.3 Å². The van der Waals surface area contributed by atoms with E-state index in [1.165, 1.54) is 19.3 Å². The van der Waals surface area contributed by atoms with E-state index in [4.69, 9.17) is 0 Å². The molecule has 0 aliphatic carbocycles. The largest absolute Gasteiger partial charge is 0.342 e. The first-order chi connectivity index (χ1) is 9.82. The zero-order valence-electron chi connectivity index (χ0n) is 14.4. The van der Waals surface area contributed by atoms with E-state index in [0.717, 1.165) is 12.8 Å². The molecule has 1 heterocycles. The number of amides is 2. The van der Waals surface area contributed by atoms with Crippen molar-refractivity contribution in [2.24, 2.45) is 5.41 Å². The predicted octanol–water partition coefficient (Wildman–Crippen LogP) is 3.11. The second-order valence-electron chi connectivity index (χ2n) is 7.18. The van der Waals surface area contributed by atoms with Gasteiger partial charge in [0.05, 0.1) is 0 Å². The Morgan fingerprint density at radius 1 is 1.05 bits per heavy atom. The summed E-state index contributed by atoms with van der Waals surface area (Å²) in [6.07, 6.45) is 6.45. The van der Waals surface area contributed by atoms with Gasteiger partial charge in [-0.25, -0.2) is 0 Å². The number of carbonyl (C=O) groups excluding carboxylic acids is 2. The van der Waals surface area contributed by atoms with Crippen molar-refractivity contribution >= 4 is 11.8 Å². The van der Waals surface area contributed by atoms with Gasteiger partial charge in [-0.05, 0) is 18.3 Å². The number of rotatable bonds is 7. The van der Waals surface area contributed by atoms with Gasteiger partial charge in [0.1, 0.15) is 12.1 Å². The zero-order valence-corrected chi connectivity index (χ0v) is 14.4. The van der Waals surface area contributed by atoms with Crippen LogP contribution in [0, 0.1) is 5.41 Å². The Morgan fingerprint density at radius 3 is 2.19 bits per heavy atom. The molecule has 21 heavy (non-hydrogen) atoms. The fourth-order valence-corrected chi connectivity index (χ4v) is 3.04. The summed E-state index contributed by atoms with van der Waals surface area (Å²) in [5.74, 6) is 0.0926. The van der Waals surface area contributed by atoms with Crippen molar-refractivity contribution in [3.63, 3.8) is 0 Å². The van der Waals surface area contributed by atoms with Crippen LogP contribution in [0.3, 0.4) is 0 Å². The lowest BCUT2D eigenvalue weighted by Gasteiger charge is -2.44. The third-order valence-electron chi connectivity index (χ3n) is 4.19. The normalized spacial score (nSPS) is 23.4. The number of nitrogens with zero attached hydrogens (tertiary/aromatic N) is 1. The fraction of sp³-hybridized carbons (Fsp3) is 0.882. The summed E-state index contributed by atoms with van der Waals surface area (Å²) in [6, 6.07) is -0.689. The van der Waals surface area contributed by atoms with Crippen LogP contribution in [0.25, 0.3) is 0 Å². The minimum Gasteiger partial charge on any atom is -0.342 e. The highest BCUT2D eigenvalue weighted by atomic mass is 16.2. The average molecular weight is 296 g/mol. The van der Waals surface area contributed by atoms with Gasteiger partial charge in [-0.1, -0.05) is 60.3 Å².